The van der Waals surface area contributed by atoms with Gasteiger partial charge in [0.1, 0.15) is 0 Å². The van der Waals surface area contributed by atoms with Crippen molar-refractivity contribution in [2.45, 2.75) is 31.2 Å². The molecule has 4 nitrogen and oxygen atoms in total. The van der Waals surface area contributed by atoms with Crippen LogP contribution in [0.5, 0.6) is 0 Å². The number of nitrogens with zero attached hydrogens (tertiary/aromatic N) is 2. The highest BCUT2D eigenvalue weighted by molar-refractivity contribution is 5.94. The highest BCUT2D eigenvalue weighted by Gasteiger charge is 2.38. The second kappa shape index (κ2) is 7.16. The summed E-state index contributed by atoms with van der Waals surface area (Å²) in [6.07, 6.45) is 7.21. The van der Waals surface area contributed by atoms with E-state index in [1.807, 2.05) is 47.3 Å². The highest BCUT2D eigenvalue weighted by atomic mass is 16.1. The maximum absolute atomic E-state index is 12.6. The Kier molecular flexibility index (Phi) is 4.57. The number of aromatic nitrogens is 2. The standard InChI is InChI=1S/C22H23N3O/c26-21(19-10-8-18(9-11-19)16-25-15-5-14-24-25)23-17-22(12-4-13-22)20-6-2-1-3-7-20/h1-3,5-11,14-15H,4,12-13,16-17H2,(H,23,26). The van der Waals surface area contributed by atoms with Gasteiger partial charge in [-0.1, -0.05) is 48.9 Å². The first-order valence-electron chi connectivity index (χ1n) is 9.15. The van der Waals surface area contributed by atoms with Gasteiger partial charge in [0.25, 0.3) is 5.91 Å². The quantitative estimate of drug-likeness (QED) is 0.739. The van der Waals surface area contributed by atoms with Crippen LogP contribution in [0.25, 0.3) is 0 Å². The molecule has 1 fully saturated rings. The van der Waals surface area contributed by atoms with Crippen LogP contribution < -0.4 is 5.32 Å². The van der Waals surface area contributed by atoms with Crippen molar-refractivity contribution in [2.24, 2.45) is 0 Å². The summed E-state index contributed by atoms with van der Waals surface area (Å²) in [5, 5.41) is 7.36. The molecule has 26 heavy (non-hydrogen) atoms. The Morgan fingerprint density at radius 1 is 1.04 bits per heavy atom. The summed E-state index contributed by atoms with van der Waals surface area (Å²) in [6.45, 7) is 1.41. The minimum absolute atomic E-state index is 0.00200. The summed E-state index contributed by atoms with van der Waals surface area (Å²) in [6, 6.07) is 20.2. The molecule has 1 aromatic heterocycles. The third-order valence-corrected chi connectivity index (χ3v) is 5.40. The summed E-state index contributed by atoms with van der Waals surface area (Å²) >= 11 is 0. The van der Waals surface area contributed by atoms with Gasteiger partial charge in [0, 0.05) is 29.9 Å². The molecule has 4 heteroatoms. The molecule has 132 valence electrons. The number of amides is 1. The number of nitrogens with one attached hydrogen (secondary N) is 1. The van der Waals surface area contributed by atoms with Crippen molar-refractivity contribution in [3.8, 4) is 0 Å². The molecule has 2 aromatic carbocycles. The molecule has 1 saturated carbocycles. The first kappa shape index (κ1) is 16.6. The zero-order chi connectivity index (χ0) is 17.8. The minimum atomic E-state index is -0.00200. The van der Waals surface area contributed by atoms with E-state index in [0.29, 0.717) is 18.7 Å². The van der Waals surface area contributed by atoms with Crippen LogP contribution in [-0.4, -0.2) is 22.2 Å². The van der Waals surface area contributed by atoms with Crippen molar-refractivity contribution in [3.05, 3.63) is 89.7 Å². The van der Waals surface area contributed by atoms with Gasteiger partial charge in [-0.15, -0.1) is 0 Å². The third-order valence-electron chi connectivity index (χ3n) is 5.40. The van der Waals surface area contributed by atoms with E-state index in [1.54, 1.807) is 6.20 Å². The summed E-state index contributed by atoms with van der Waals surface area (Å²) in [4.78, 5) is 12.6. The third kappa shape index (κ3) is 3.40. The molecular formula is C22H23N3O. The molecule has 1 aliphatic rings. The van der Waals surface area contributed by atoms with Gasteiger partial charge >= 0.3 is 0 Å². The lowest BCUT2D eigenvalue weighted by Gasteiger charge is -2.42. The largest absolute Gasteiger partial charge is 0.351 e. The SMILES string of the molecule is O=C(NCC1(c2ccccc2)CCC1)c1ccc(Cn2cccn2)cc1. The lowest BCUT2D eigenvalue weighted by Crippen LogP contribution is -2.45. The van der Waals surface area contributed by atoms with Crippen LogP contribution >= 0.6 is 0 Å². The number of benzene rings is 2. The monoisotopic (exact) mass is 345 g/mol. The van der Waals surface area contributed by atoms with Crippen molar-refractivity contribution >= 4 is 5.91 Å². The van der Waals surface area contributed by atoms with Gasteiger partial charge in [-0.3, -0.25) is 9.48 Å². The molecule has 1 heterocycles. The van der Waals surface area contributed by atoms with Crippen molar-refractivity contribution in [1.82, 2.24) is 15.1 Å². The van der Waals surface area contributed by atoms with E-state index < -0.39 is 0 Å². The number of hydrogen-bond acceptors (Lipinski definition) is 2. The van der Waals surface area contributed by atoms with Gasteiger partial charge in [0.05, 0.1) is 6.54 Å². The highest BCUT2D eigenvalue weighted by Crippen LogP contribution is 2.43. The zero-order valence-electron chi connectivity index (χ0n) is 14.8. The topological polar surface area (TPSA) is 46.9 Å². The maximum atomic E-state index is 12.6. The predicted molar refractivity (Wildman–Crippen MR) is 102 cm³/mol. The van der Waals surface area contributed by atoms with E-state index in [1.165, 1.54) is 12.0 Å². The first-order chi connectivity index (χ1) is 12.8. The molecule has 1 N–H and O–H groups in total. The Morgan fingerprint density at radius 2 is 1.81 bits per heavy atom. The average Bonchev–Trinajstić information content (AvgIpc) is 3.15. The van der Waals surface area contributed by atoms with Crippen LogP contribution in [-0.2, 0) is 12.0 Å². The van der Waals surface area contributed by atoms with E-state index in [4.69, 9.17) is 0 Å². The number of rotatable bonds is 6. The predicted octanol–water partition coefficient (Wildman–Crippen LogP) is 3.78. The van der Waals surface area contributed by atoms with Gasteiger partial charge in [0.15, 0.2) is 0 Å². The molecule has 3 aromatic rings. The molecule has 0 radical (unpaired) electrons. The fraction of sp³-hybridized carbons (Fsp3) is 0.273. The number of carbonyl (C=O) groups is 1. The van der Waals surface area contributed by atoms with Crippen LogP contribution in [0.4, 0.5) is 0 Å². The van der Waals surface area contributed by atoms with E-state index in [-0.39, 0.29) is 11.3 Å². The molecule has 0 saturated heterocycles. The van der Waals surface area contributed by atoms with E-state index in [2.05, 4.69) is 34.7 Å². The number of hydrogen-bond donors (Lipinski definition) is 1. The van der Waals surface area contributed by atoms with Gasteiger partial charge in [0.2, 0.25) is 0 Å². The van der Waals surface area contributed by atoms with Gasteiger partial charge in [-0.05, 0) is 42.2 Å². The lowest BCUT2D eigenvalue weighted by atomic mass is 9.64. The molecule has 0 unspecified atom stereocenters. The Balaban J connectivity index is 1.39. The van der Waals surface area contributed by atoms with Crippen LogP contribution in [0.1, 0.15) is 40.7 Å². The van der Waals surface area contributed by atoms with Crippen LogP contribution in [0.15, 0.2) is 73.1 Å². The van der Waals surface area contributed by atoms with Crippen molar-refractivity contribution in [2.75, 3.05) is 6.54 Å². The maximum Gasteiger partial charge on any atom is 0.251 e. The molecule has 0 bridgehead atoms. The summed E-state index contributed by atoms with van der Waals surface area (Å²) in [7, 11) is 0. The zero-order valence-corrected chi connectivity index (χ0v) is 14.8. The Hall–Kier alpha value is -2.88. The summed E-state index contributed by atoms with van der Waals surface area (Å²) < 4.78 is 1.87. The van der Waals surface area contributed by atoms with Crippen LogP contribution in [0, 0.1) is 0 Å². The minimum Gasteiger partial charge on any atom is -0.351 e. The molecule has 0 aliphatic heterocycles. The smallest absolute Gasteiger partial charge is 0.251 e. The molecular weight excluding hydrogens is 322 g/mol. The Labute approximate surface area is 153 Å². The molecule has 1 aliphatic carbocycles. The molecule has 0 atom stereocenters. The van der Waals surface area contributed by atoms with Crippen molar-refractivity contribution in [1.29, 1.82) is 0 Å². The van der Waals surface area contributed by atoms with E-state index >= 15 is 0 Å². The lowest BCUT2D eigenvalue weighted by molar-refractivity contribution is 0.0928. The van der Waals surface area contributed by atoms with Crippen molar-refractivity contribution in [3.63, 3.8) is 0 Å². The second-order valence-corrected chi connectivity index (χ2v) is 7.08. The van der Waals surface area contributed by atoms with E-state index in [0.717, 1.165) is 18.4 Å². The van der Waals surface area contributed by atoms with Crippen LogP contribution in [0.2, 0.25) is 0 Å². The average molecular weight is 345 g/mol. The summed E-state index contributed by atoms with van der Waals surface area (Å²) in [5.74, 6) is -0.00200. The normalized spacial score (nSPS) is 15.2. The van der Waals surface area contributed by atoms with Crippen LogP contribution in [0.3, 0.4) is 0 Å². The molecule has 0 spiro atoms. The summed E-state index contributed by atoms with van der Waals surface area (Å²) in [5.41, 5.74) is 3.28. The molecule has 1 amide bonds. The molecule has 4 rings (SSSR count). The van der Waals surface area contributed by atoms with Gasteiger partial charge < -0.3 is 5.32 Å². The van der Waals surface area contributed by atoms with E-state index in [9.17, 15) is 4.79 Å². The number of carbonyl (C=O) groups excluding carboxylic acids is 1. The Morgan fingerprint density at radius 3 is 2.42 bits per heavy atom. The van der Waals surface area contributed by atoms with Gasteiger partial charge in [-0.25, -0.2) is 0 Å². The second-order valence-electron chi connectivity index (χ2n) is 7.08. The van der Waals surface area contributed by atoms with Crippen molar-refractivity contribution < 1.29 is 4.79 Å². The Bertz CT molecular complexity index is 850. The van der Waals surface area contributed by atoms with Gasteiger partial charge in [-0.2, -0.15) is 5.10 Å². The fourth-order valence-corrected chi connectivity index (χ4v) is 3.66. The first-order valence-corrected chi connectivity index (χ1v) is 9.15. The fourth-order valence-electron chi connectivity index (χ4n) is 3.66.